The van der Waals surface area contributed by atoms with E-state index in [1.54, 1.807) is 17.7 Å². The van der Waals surface area contributed by atoms with Gasteiger partial charge in [0.05, 0.1) is 21.1 Å². The van der Waals surface area contributed by atoms with E-state index in [-0.39, 0.29) is 11.7 Å². The van der Waals surface area contributed by atoms with Crippen molar-refractivity contribution in [1.82, 2.24) is 14.0 Å². The molecule has 1 aliphatic rings. The summed E-state index contributed by atoms with van der Waals surface area (Å²) in [5, 5.41) is 0.956. The normalized spacial score (nSPS) is 16.3. The van der Waals surface area contributed by atoms with Crippen LogP contribution in [0.1, 0.15) is 24.4 Å². The van der Waals surface area contributed by atoms with E-state index < -0.39 is 0 Å². The molecule has 0 spiro atoms. The molecule has 0 radical (unpaired) electrons. The number of likely N-dealkylation sites (tertiary alicyclic amines) is 1. The zero-order valence-corrected chi connectivity index (χ0v) is 18.1. The highest BCUT2D eigenvalue weighted by Gasteiger charge is 2.25. The Balaban J connectivity index is 1.54. The van der Waals surface area contributed by atoms with E-state index in [4.69, 9.17) is 23.2 Å². The second-order valence-corrected chi connectivity index (χ2v) is 8.83. The topological polar surface area (TPSA) is 30.2 Å². The number of aromatic nitrogens is 2. The van der Waals surface area contributed by atoms with Crippen LogP contribution in [0, 0.1) is 0 Å². The Morgan fingerprint density at radius 2 is 1.63 bits per heavy atom. The summed E-state index contributed by atoms with van der Waals surface area (Å²) in [5.74, 6) is 0. The van der Waals surface area contributed by atoms with Gasteiger partial charge in [-0.15, -0.1) is 0 Å². The van der Waals surface area contributed by atoms with E-state index in [1.165, 1.54) is 5.56 Å². The molecular weight excluding hydrogens is 449 g/mol. The van der Waals surface area contributed by atoms with Gasteiger partial charge < -0.3 is 0 Å². The van der Waals surface area contributed by atoms with Gasteiger partial charge in [-0.05, 0) is 42.7 Å². The molecule has 0 amide bonds. The van der Waals surface area contributed by atoms with E-state index in [9.17, 15) is 4.79 Å². The summed E-state index contributed by atoms with van der Waals surface area (Å²) in [6, 6.07) is 12.2. The fourth-order valence-corrected chi connectivity index (χ4v) is 4.47. The molecule has 1 aliphatic heterocycles. The summed E-state index contributed by atoms with van der Waals surface area (Å²) in [5.41, 5.74) is 2.99. The van der Waals surface area contributed by atoms with Crippen LogP contribution in [0.15, 0.2) is 45.7 Å². The van der Waals surface area contributed by atoms with Gasteiger partial charge in [-0.25, -0.2) is 4.79 Å². The molecule has 2 heterocycles. The smallest absolute Gasteiger partial charge is 0.299 e. The first-order valence-electron chi connectivity index (χ1n) is 8.97. The maximum atomic E-state index is 12.8. The predicted molar refractivity (Wildman–Crippen MR) is 115 cm³/mol. The molecule has 142 valence electrons. The fraction of sp³-hybridized carbons (Fsp3) is 0.350. The Morgan fingerprint density at radius 1 is 1.04 bits per heavy atom. The number of nitrogens with zero attached hydrogens (tertiary/aromatic N) is 3. The molecule has 0 atom stereocenters. The van der Waals surface area contributed by atoms with Crippen LogP contribution in [0.3, 0.4) is 0 Å². The average molecular weight is 469 g/mol. The Morgan fingerprint density at radius 3 is 2.26 bits per heavy atom. The van der Waals surface area contributed by atoms with Crippen LogP contribution in [0.2, 0.25) is 10.0 Å². The molecule has 2 aromatic carbocycles. The summed E-state index contributed by atoms with van der Waals surface area (Å²) < 4.78 is 4.65. The molecule has 0 aliphatic carbocycles. The monoisotopic (exact) mass is 467 g/mol. The molecule has 0 unspecified atom stereocenters. The van der Waals surface area contributed by atoms with Gasteiger partial charge in [-0.3, -0.25) is 14.0 Å². The van der Waals surface area contributed by atoms with Crippen LogP contribution in [-0.2, 0) is 13.6 Å². The fourth-order valence-electron chi connectivity index (χ4n) is 3.89. The average Bonchev–Trinajstić information content (AvgIpc) is 2.89. The quantitative estimate of drug-likeness (QED) is 0.525. The summed E-state index contributed by atoms with van der Waals surface area (Å²) in [4.78, 5) is 15.3. The van der Waals surface area contributed by atoms with Gasteiger partial charge in [-0.1, -0.05) is 51.3 Å². The molecule has 1 fully saturated rings. The van der Waals surface area contributed by atoms with Crippen LogP contribution >= 0.6 is 39.1 Å². The molecular formula is C20H20BrCl2N3O. The van der Waals surface area contributed by atoms with Crippen molar-refractivity contribution < 1.29 is 0 Å². The van der Waals surface area contributed by atoms with Crippen molar-refractivity contribution >= 4 is 50.2 Å². The van der Waals surface area contributed by atoms with E-state index in [1.807, 2.05) is 10.6 Å². The minimum Gasteiger partial charge on any atom is -0.299 e. The molecule has 3 aromatic rings. The van der Waals surface area contributed by atoms with E-state index in [0.29, 0.717) is 10.0 Å². The Bertz CT molecular complexity index is 1030. The second-order valence-electron chi connectivity index (χ2n) is 7.10. The van der Waals surface area contributed by atoms with Crippen molar-refractivity contribution in [2.24, 2.45) is 7.05 Å². The van der Waals surface area contributed by atoms with Gasteiger partial charge in [0.15, 0.2) is 0 Å². The second kappa shape index (κ2) is 7.63. The maximum Gasteiger partial charge on any atom is 0.329 e. The standard InChI is InChI=1S/C20H20BrCl2N3O/c1-24-18-10-16(22)17(23)11-19(18)26(20(24)27)15-6-8-25(9-7-15)12-13-2-4-14(21)5-3-13/h2-5,10-11,15H,6-9,12H2,1H3. The van der Waals surface area contributed by atoms with E-state index in [0.717, 1.165) is 48.0 Å². The SMILES string of the molecule is Cn1c(=O)n(C2CCN(Cc3ccc(Br)cc3)CC2)c2cc(Cl)c(Cl)cc21. The predicted octanol–water partition coefficient (Wildman–Crippen LogP) is 5.25. The Kier molecular flexibility index (Phi) is 5.39. The number of hydrogen-bond donors (Lipinski definition) is 0. The molecule has 0 N–H and O–H groups in total. The molecule has 1 aromatic heterocycles. The largest absolute Gasteiger partial charge is 0.329 e. The zero-order chi connectivity index (χ0) is 19.1. The zero-order valence-electron chi connectivity index (χ0n) is 15.0. The minimum absolute atomic E-state index is 0.00491. The summed E-state index contributed by atoms with van der Waals surface area (Å²) in [6.45, 7) is 2.86. The third-order valence-corrected chi connectivity index (χ3v) is 6.62. The highest BCUT2D eigenvalue weighted by Crippen LogP contribution is 2.31. The number of aryl methyl sites for hydroxylation is 1. The van der Waals surface area contributed by atoms with Crippen LogP contribution in [-0.4, -0.2) is 27.1 Å². The van der Waals surface area contributed by atoms with Crippen LogP contribution in [0.25, 0.3) is 11.0 Å². The summed E-state index contributed by atoms with van der Waals surface area (Å²) in [6.07, 6.45) is 1.88. The number of benzene rings is 2. The van der Waals surface area contributed by atoms with Gasteiger partial charge in [0.2, 0.25) is 0 Å². The van der Waals surface area contributed by atoms with E-state index >= 15 is 0 Å². The lowest BCUT2D eigenvalue weighted by Crippen LogP contribution is -2.37. The van der Waals surface area contributed by atoms with Gasteiger partial charge in [-0.2, -0.15) is 0 Å². The number of fused-ring (bicyclic) bond motifs is 1. The number of piperidine rings is 1. The van der Waals surface area contributed by atoms with Crippen LogP contribution < -0.4 is 5.69 Å². The van der Waals surface area contributed by atoms with Gasteiger partial charge in [0, 0.05) is 37.2 Å². The maximum absolute atomic E-state index is 12.8. The summed E-state index contributed by atoms with van der Waals surface area (Å²) in [7, 11) is 1.79. The molecule has 7 heteroatoms. The van der Waals surface area contributed by atoms with Crippen molar-refractivity contribution in [2.45, 2.75) is 25.4 Å². The molecule has 4 nitrogen and oxygen atoms in total. The number of rotatable bonds is 3. The van der Waals surface area contributed by atoms with Crippen molar-refractivity contribution in [1.29, 1.82) is 0 Å². The Labute approximate surface area is 176 Å². The van der Waals surface area contributed by atoms with Crippen molar-refractivity contribution in [3.05, 3.63) is 67.0 Å². The van der Waals surface area contributed by atoms with Crippen LogP contribution in [0.4, 0.5) is 0 Å². The molecule has 1 saturated heterocycles. The number of hydrogen-bond acceptors (Lipinski definition) is 2. The first kappa shape index (κ1) is 19.1. The highest BCUT2D eigenvalue weighted by atomic mass is 79.9. The minimum atomic E-state index is -0.00491. The third-order valence-electron chi connectivity index (χ3n) is 5.37. The molecule has 0 bridgehead atoms. The molecule has 0 saturated carbocycles. The lowest BCUT2D eigenvalue weighted by Gasteiger charge is -2.32. The first-order chi connectivity index (χ1) is 12.9. The lowest BCUT2D eigenvalue weighted by atomic mass is 10.0. The molecule has 4 rings (SSSR count). The molecule has 27 heavy (non-hydrogen) atoms. The van der Waals surface area contributed by atoms with Crippen LogP contribution in [0.5, 0.6) is 0 Å². The Hall–Kier alpha value is -1.27. The van der Waals surface area contributed by atoms with Gasteiger partial charge >= 0.3 is 5.69 Å². The van der Waals surface area contributed by atoms with Crippen molar-refractivity contribution in [3.63, 3.8) is 0 Å². The van der Waals surface area contributed by atoms with Crippen molar-refractivity contribution in [3.8, 4) is 0 Å². The first-order valence-corrected chi connectivity index (χ1v) is 10.5. The van der Waals surface area contributed by atoms with Gasteiger partial charge in [0.25, 0.3) is 0 Å². The van der Waals surface area contributed by atoms with Gasteiger partial charge in [0.1, 0.15) is 0 Å². The van der Waals surface area contributed by atoms with Crippen molar-refractivity contribution in [2.75, 3.05) is 13.1 Å². The number of imidazole rings is 1. The highest BCUT2D eigenvalue weighted by molar-refractivity contribution is 9.10. The third kappa shape index (κ3) is 3.70. The number of halogens is 3. The summed E-state index contributed by atoms with van der Waals surface area (Å²) >= 11 is 15.8. The van der Waals surface area contributed by atoms with E-state index in [2.05, 4.69) is 45.1 Å². The lowest BCUT2D eigenvalue weighted by molar-refractivity contribution is 0.179.